The van der Waals surface area contributed by atoms with Crippen LogP contribution in [0.5, 0.6) is 0 Å². The van der Waals surface area contributed by atoms with Crippen molar-refractivity contribution < 1.29 is 22.4 Å². The Morgan fingerprint density at radius 2 is 1.76 bits per heavy atom. The first-order valence-electron chi connectivity index (χ1n) is 10.8. The van der Waals surface area contributed by atoms with Crippen molar-refractivity contribution in [2.75, 3.05) is 29.9 Å². The SMILES string of the molecule is CC(=O)N1CC(C)Sc2ccc(S(=O)(=O)N3CCC(C(=O)Nc4ccc(F)cc4)CC3)cc21. The molecule has 0 saturated carbocycles. The number of fused-ring (bicyclic) bond motifs is 1. The number of anilines is 2. The second-order valence-electron chi connectivity index (χ2n) is 8.36. The van der Waals surface area contributed by atoms with E-state index in [4.69, 9.17) is 0 Å². The Balaban J connectivity index is 1.45. The molecule has 2 aromatic carbocycles. The van der Waals surface area contributed by atoms with Crippen LogP contribution in [0.25, 0.3) is 0 Å². The van der Waals surface area contributed by atoms with E-state index in [9.17, 15) is 22.4 Å². The summed E-state index contributed by atoms with van der Waals surface area (Å²) in [5.74, 6) is -1.02. The summed E-state index contributed by atoms with van der Waals surface area (Å²) in [5, 5.41) is 2.99. The maximum atomic E-state index is 13.3. The third kappa shape index (κ3) is 5.07. The van der Waals surface area contributed by atoms with Gasteiger partial charge < -0.3 is 10.2 Å². The normalized spacial score (nSPS) is 19.7. The third-order valence-electron chi connectivity index (χ3n) is 5.94. The molecule has 176 valence electrons. The van der Waals surface area contributed by atoms with E-state index >= 15 is 0 Å². The fourth-order valence-corrected chi connectivity index (χ4v) is 6.74. The highest BCUT2D eigenvalue weighted by molar-refractivity contribution is 8.00. The van der Waals surface area contributed by atoms with Gasteiger partial charge in [0.1, 0.15) is 5.82 Å². The molecule has 33 heavy (non-hydrogen) atoms. The highest BCUT2D eigenvalue weighted by Gasteiger charge is 2.34. The van der Waals surface area contributed by atoms with Crippen LogP contribution in [-0.4, -0.2) is 49.4 Å². The summed E-state index contributed by atoms with van der Waals surface area (Å²) in [4.78, 5) is 27.3. The first kappa shape index (κ1) is 23.7. The smallest absolute Gasteiger partial charge is 0.243 e. The third-order valence-corrected chi connectivity index (χ3v) is 8.99. The molecular formula is C23H26FN3O4S2. The number of thioether (sulfide) groups is 1. The molecule has 0 aliphatic carbocycles. The molecule has 0 radical (unpaired) electrons. The summed E-state index contributed by atoms with van der Waals surface area (Å²) in [5.41, 5.74) is 1.13. The molecule has 1 atom stereocenters. The molecule has 0 bridgehead atoms. The number of halogens is 1. The molecule has 10 heteroatoms. The summed E-state index contributed by atoms with van der Waals surface area (Å²) in [7, 11) is -3.76. The Labute approximate surface area is 197 Å². The fourth-order valence-electron chi connectivity index (χ4n) is 4.16. The molecule has 2 aliphatic rings. The molecular weight excluding hydrogens is 465 g/mol. The summed E-state index contributed by atoms with van der Waals surface area (Å²) in [6.45, 7) is 4.50. The van der Waals surface area contributed by atoms with E-state index in [1.165, 1.54) is 35.5 Å². The van der Waals surface area contributed by atoms with E-state index in [0.29, 0.717) is 30.8 Å². The van der Waals surface area contributed by atoms with Gasteiger partial charge in [0, 0.05) is 48.3 Å². The molecule has 1 fully saturated rings. The lowest BCUT2D eigenvalue weighted by Crippen LogP contribution is -2.41. The number of rotatable bonds is 4. The van der Waals surface area contributed by atoms with E-state index in [2.05, 4.69) is 5.32 Å². The van der Waals surface area contributed by atoms with Gasteiger partial charge in [0.25, 0.3) is 0 Å². The predicted molar refractivity (Wildman–Crippen MR) is 126 cm³/mol. The van der Waals surface area contributed by atoms with Crippen LogP contribution in [0.3, 0.4) is 0 Å². The molecule has 0 aromatic heterocycles. The summed E-state index contributed by atoms with van der Waals surface area (Å²) in [6.07, 6.45) is 0.786. The molecule has 2 aliphatic heterocycles. The lowest BCUT2D eigenvalue weighted by atomic mass is 9.97. The first-order valence-corrected chi connectivity index (χ1v) is 13.1. The van der Waals surface area contributed by atoms with Crippen molar-refractivity contribution in [2.24, 2.45) is 5.92 Å². The molecule has 7 nitrogen and oxygen atoms in total. The summed E-state index contributed by atoms with van der Waals surface area (Å²) in [6, 6.07) is 10.5. The molecule has 2 aromatic rings. The van der Waals surface area contributed by atoms with E-state index in [-0.39, 0.29) is 46.8 Å². The minimum Gasteiger partial charge on any atom is -0.326 e. The Morgan fingerprint density at radius 3 is 2.39 bits per heavy atom. The van der Waals surface area contributed by atoms with Crippen LogP contribution in [-0.2, 0) is 19.6 Å². The maximum Gasteiger partial charge on any atom is 0.243 e. The Hall–Kier alpha value is -2.43. The van der Waals surface area contributed by atoms with Gasteiger partial charge >= 0.3 is 0 Å². The number of nitrogens with zero attached hydrogens (tertiary/aromatic N) is 2. The maximum absolute atomic E-state index is 13.3. The van der Waals surface area contributed by atoms with Crippen LogP contribution < -0.4 is 10.2 Å². The van der Waals surface area contributed by atoms with Crippen LogP contribution in [0, 0.1) is 11.7 Å². The zero-order valence-corrected chi connectivity index (χ0v) is 20.1. The standard InChI is InChI=1S/C23H26FN3O4S2/c1-15-14-27(16(2)28)21-13-20(7-8-22(21)32-15)33(30,31)26-11-9-17(10-12-26)23(29)25-19-5-3-18(24)4-6-19/h3-8,13,15,17H,9-12,14H2,1-2H3,(H,25,29). The van der Waals surface area contributed by atoms with Gasteiger partial charge in [0.05, 0.1) is 10.6 Å². The van der Waals surface area contributed by atoms with Crippen molar-refractivity contribution in [2.45, 2.75) is 41.7 Å². The predicted octanol–water partition coefficient (Wildman–Crippen LogP) is 3.71. The monoisotopic (exact) mass is 491 g/mol. The largest absolute Gasteiger partial charge is 0.326 e. The second-order valence-corrected chi connectivity index (χ2v) is 11.8. The van der Waals surface area contributed by atoms with E-state index < -0.39 is 10.0 Å². The first-order chi connectivity index (χ1) is 15.6. The molecule has 2 amide bonds. The Morgan fingerprint density at radius 1 is 1.09 bits per heavy atom. The van der Waals surface area contributed by atoms with Crippen molar-refractivity contribution in [3.8, 4) is 0 Å². The fraction of sp³-hybridized carbons (Fsp3) is 0.391. The van der Waals surface area contributed by atoms with Crippen molar-refractivity contribution >= 4 is 45.0 Å². The lowest BCUT2D eigenvalue weighted by Gasteiger charge is -2.33. The van der Waals surface area contributed by atoms with Crippen molar-refractivity contribution in [1.82, 2.24) is 4.31 Å². The van der Waals surface area contributed by atoms with Crippen LogP contribution in [0.2, 0.25) is 0 Å². The minimum atomic E-state index is -3.76. The molecule has 1 saturated heterocycles. The highest BCUT2D eigenvalue weighted by atomic mass is 32.2. The molecule has 1 unspecified atom stereocenters. The van der Waals surface area contributed by atoms with Crippen molar-refractivity contribution in [3.63, 3.8) is 0 Å². The Bertz CT molecular complexity index is 1160. The molecule has 0 spiro atoms. The average molecular weight is 492 g/mol. The number of hydrogen-bond acceptors (Lipinski definition) is 5. The van der Waals surface area contributed by atoms with Gasteiger partial charge in [-0.2, -0.15) is 4.31 Å². The molecule has 2 heterocycles. The van der Waals surface area contributed by atoms with Gasteiger partial charge in [-0.05, 0) is 55.3 Å². The van der Waals surface area contributed by atoms with E-state index in [0.717, 1.165) is 4.90 Å². The van der Waals surface area contributed by atoms with Crippen LogP contribution in [0.4, 0.5) is 15.8 Å². The number of carbonyl (C=O) groups excluding carboxylic acids is 2. The van der Waals surface area contributed by atoms with Gasteiger partial charge in [-0.25, -0.2) is 12.8 Å². The molecule has 1 N–H and O–H groups in total. The average Bonchev–Trinajstić information content (AvgIpc) is 2.79. The summed E-state index contributed by atoms with van der Waals surface area (Å²) >= 11 is 1.63. The highest BCUT2D eigenvalue weighted by Crippen LogP contribution is 2.40. The number of piperidine rings is 1. The number of amides is 2. The van der Waals surface area contributed by atoms with Crippen LogP contribution in [0.15, 0.2) is 52.3 Å². The zero-order chi connectivity index (χ0) is 23.8. The van der Waals surface area contributed by atoms with Crippen LogP contribution in [0.1, 0.15) is 26.7 Å². The van der Waals surface area contributed by atoms with Gasteiger partial charge in [-0.15, -0.1) is 11.8 Å². The number of nitrogens with one attached hydrogen (secondary N) is 1. The topological polar surface area (TPSA) is 86.8 Å². The minimum absolute atomic E-state index is 0.120. The number of hydrogen-bond donors (Lipinski definition) is 1. The summed E-state index contributed by atoms with van der Waals surface area (Å²) < 4.78 is 41.0. The van der Waals surface area contributed by atoms with Crippen molar-refractivity contribution in [1.29, 1.82) is 0 Å². The second kappa shape index (κ2) is 9.44. The Kier molecular flexibility index (Phi) is 6.78. The van der Waals surface area contributed by atoms with E-state index in [1.807, 2.05) is 6.92 Å². The van der Waals surface area contributed by atoms with Gasteiger partial charge in [0.2, 0.25) is 21.8 Å². The number of benzene rings is 2. The quantitative estimate of drug-likeness (QED) is 0.705. The van der Waals surface area contributed by atoms with Crippen molar-refractivity contribution in [3.05, 3.63) is 48.3 Å². The van der Waals surface area contributed by atoms with Crippen LogP contribution >= 0.6 is 11.8 Å². The van der Waals surface area contributed by atoms with Gasteiger partial charge in [-0.1, -0.05) is 6.92 Å². The van der Waals surface area contributed by atoms with Gasteiger partial charge in [0.15, 0.2) is 0 Å². The lowest BCUT2D eigenvalue weighted by molar-refractivity contribution is -0.121. The number of carbonyl (C=O) groups is 2. The zero-order valence-electron chi connectivity index (χ0n) is 18.5. The van der Waals surface area contributed by atoms with E-state index in [1.54, 1.807) is 34.9 Å². The van der Waals surface area contributed by atoms with Gasteiger partial charge in [-0.3, -0.25) is 9.59 Å². The molecule has 4 rings (SSSR count). The number of sulfonamides is 1.